The summed E-state index contributed by atoms with van der Waals surface area (Å²) in [6.07, 6.45) is 0.970. The Morgan fingerprint density at radius 3 is 2.20 bits per heavy atom. The molecule has 1 heterocycles. The smallest absolute Gasteiger partial charge is 0.409 e. The number of amides is 2. The van der Waals surface area contributed by atoms with Gasteiger partial charge in [-0.05, 0) is 49.9 Å². The molecule has 2 aromatic carbocycles. The molecule has 1 aliphatic heterocycles. The van der Waals surface area contributed by atoms with Gasteiger partial charge < -0.3 is 19.7 Å². The van der Waals surface area contributed by atoms with Crippen molar-refractivity contribution >= 4 is 12.0 Å². The molecular weight excluding hydrogens is 380 g/mol. The molecule has 0 aromatic heterocycles. The van der Waals surface area contributed by atoms with Gasteiger partial charge in [0.15, 0.2) is 0 Å². The number of nitrogens with one attached hydrogen (secondary N) is 1. The summed E-state index contributed by atoms with van der Waals surface area (Å²) in [5.74, 6) is 0.705. The lowest BCUT2D eigenvalue weighted by Crippen LogP contribution is -2.44. The third-order valence-electron chi connectivity index (χ3n) is 5.34. The van der Waals surface area contributed by atoms with Crippen molar-refractivity contribution in [2.75, 3.05) is 26.3 Å². The standard InChI is InChI=1S/C24H30N2O4/c1-3-29-21-12-10-19(11-13-21)22(18-8-6-5-7-9-18)25-23(27)20-14-16-26(17-15-20)24(28)30-4-2/h5-13,20,22H,3-4,14-17H2,1-2H3,(H,25,27)/t22-/m1/s1. The lowest BCUT2D eigenvalue weighted by molar-refractivity contribution is -0.126. The molecule has 0 bridgehead atoms. The van der Waals surface area contributed by atoms with Gasteiger partial charge in [0.1, 0.15) is 5.75 Å². The van der Waals surface area contributed by atoms with Crippen molar-refractivity contribution in [2.24, 2.45) is 5.92 Å². The van der Waals surface area contributed by atoms with Gasteiger partial charge in [0.05, 0.1) is 19.3 Å². The van der Waals surface area contributed by atoms with E-state index in [-0.39, 0.29) is 24.0 Å². The molecule has 0 saturated carbocycles. The average molecular weight is 411 g/mol. The van der Waals surface area contributed by atoms with Crippen LogP contribution in [-0.2, 0) is 9.53 Å². The minimum atomic E-state index is -0.298. The second kappa shape index (κ2) is 10.7. The van der Waals surface area contributed by atoms with Crippen LogP contribution in [0.2, 0.25) is 0 Å². The number of piperidine rings is 1. The zero-order valence-electron chi connectivity index (χ0n) is 17.7. The molecule has 1 aliphatic rings. The van der Waals surface area contributed by atoms with Crippen LogP contribution in [-0.4, -0.2) is 43.2 Å². The molecule has 0 radical (unpaired) electrons. The minimum Gasteiger partial charge on any atom is -0.494 e. The van der Waals surface area contributed by atoms with E-state index in [1.807, 2.05) is 61.5 Å². The van der Waals surface area contributed by atoms with Crippen LogP contribution < -0.4 is 10.1 Å². The highest BCUT2D eigenvalue weighted by Gasteiger charge is 2.29. The van der Waals surface area contributed by atoms with Gasteiger partial charge in [-0.15, -0.1) is 0 Å². The van der Waals surface area contributed by atoms with Gasteiger partial charge in [-0.1, -0.05) is 42.5 Å². The van der Waals surface area contributed by atoms with Crippen LogP contribution in [0.25, 0.3) is 0 Å². The Balaban J connectivity index is 1.69. The molecule has 2 aromatic rings. The molecule has 6 nitrogen and oxygen atoms in total. The van der Waals surface area contributed by atoms with Crippen molar-refractivity contribution in [1.82, 2.24) is 10.2 Å². The van der Waals surface area contributed by atoms with Gasteiger partial charge >= 0.3 is 6.09 Å². The summed E-state index contributed by atoms with van der Waals surface area (Å²) in [5.41, 5.74) is 2.03. The maximum Gasteiger partial charge on any atom is 0.409 e. The van der Waals surface area contributed by atoms with Crippen molar-refractivity contribution in [3.63, 3.8) is 0 Å². The normalized spacial score (nSPS) is 15.3. The third kappa shape index (κ3) is 5.53. The number of ether oxygens (including phenoxy) is 2. The maximum atomic E-state index is 13.1. The van der Waals surface area contributed by atoms with Crippen molar-refractivity contribution < 1.29 is 19.1 Å². The number of carbonyl (C=O) groups excluding carboxylic acids is 2. The van der Waals surface area contributed by atoms with Gasteiger partial charge in [0.2, 0.25) is 5.91 Å². The molecule has 1 saturated heterocycles. The van der Waals surface area contributed by atoms with E-state index in [4.69, 9.17) is 9.47 Å². The van der Waals surface area contributed by atoms with E-state index in [0.29, 0.717) is 39.1 Å². The number of carbonyl (C=O) groups is 2. The largest absolute Gasteiger partial charge is 0.494 e. The number of rotatable bonds is 7. The van der Waals surface area contributed by atoms with Gasteiger partial charge in [0.25, 0.3) is 0 Å². The van der Waals surface area contributed by atoms with Crippen molar-refractivity contribution in [2.45, 2.75) is 32.7 Å². The molecule has 1 N–H and O–H groups in total. The van der Waals surface area contributed by atoms with Gasteiger partial charge in [-0.25, -0.2) is 4.79 Å². The van der Waals surface area contributed by atoms with E-state index in [0.717, 1.165) is 16.9 Å². The summed E-state index contributed by atoms with van der Waals surface area (Å²) in [4.78, 5) is 26.6. The first kappa shape index (κ1) is 21.7. The third-order valence-corrected chi connectivity index (χ3v) is 5.34. The monoisotopic (exact) mass is 410 g/mol. The molecule has 0 spiro atoms. The van der Waals surface area contributed by atoms with Crippen molar-refractivity contribution in [3.05, 3.63) is 65.7 Å². The lowest BCUT2D eigenvalue weighted by atomic mass is 9.93. The summed E-state index contributed by atoms with van der Waals surface area (Å²) in [7, 11) is 0. The quantitative estimate of drug-likeness (QED) is 0.744. The van der Waals surface area contributed by atoms with E-state index >= 15 is 0 Å². The fraction of sp³-hybridized carbons (Fsp3) is 0.417. The zero-order chi connectivity index (χ0) is 21.3. The van der Waals surface area contributed by atoms with E-state index < -0.39 is 0 Å². The van der Waals surface area contributed by atoms with Crippen LogP contribution in [0.5, 0.6) is 5.75 Å². The van der Waals surface area contributed by atoms with Crippen LogP contribution in [0.15, 0.2) is 54.6 Å². The summed E-state index contributed by atoms with van der Waals surface area (Å²) in [6.45, 7) is 5.80. The molecule has 3 rings (SSSR count). The highest BCUT2D eigenvalue weighted by molar-refractivity contribution is 5.80. The Kier molecular flexibility index (Phi) is 7.71. The summed E-state index contributed by atoms with van der Waals surface area (Å²) >= 11 is 0. The van der Waals surface area contributed by atoms with Crippen molar-refractivity contribution in [3.8, 4) is 5.75 Å². The number of benzene rings is 2. The number of nitrogens with zero attached hydrogens (tertiary/aromatic N) is 1. The van der Waals surface area contributed by atoms with Crippen LogP contribution in [0.3, 0.4) is 0 Å². The topological polar surface area (TPSA) is 67.9 Å². The van der Waals surface area contributed by atoms with Crippen LogP contribution in [0.1, 0.15) is 43.9 Å². The van der Waals surface area contributed by atoms with Crippen LogP contribution in [0, 0.1) is 5.92 Å². The van der Waals surface area contributed by atoms with E-state index in [1.54, 1.807) is 11.8 Å². The SMILES string of the molecule is CCOC(=O)N1CCC(C(=O)N[C@H](c2ccccc2)c2ccc(OCC)cc2)CC1. The molecular formula is C24H30N2O4. The number of hydrogen-bond donors (Lipinski definition) is 1. The Morgan fingerprint density at radius 2 is 1.60 bits per heavy atom. The minimum absolute atomic E-state index is 0.0150. The van der Waals surface area contributed by atoms with Crippen LogP contribution >= 0.6 is 0 Å². The highest BCUT2D eigenvalue weighted by Crippen LogP contribution is 2.26. The molecule has 30 heavy (non-hydrogen) atoms. The number of hydrogen-bond acceptors (Lipinski definition) is 4. The molecule has 1 atom stereocenters. The highest BCUT2D eigenvalue weighted by atomic mass is 16.6. The van der Waals surface area contributed by atoms with Gasteiger partial charge in [-0.3, -0.25) is 4.79 Å². The van der Waals surface area contributed by atoms with Gasteiger partial charge in [0, 0.05) is 19.0 Å². The molecule has 6 heteroatoms. The summed E-state index contributed by atoms with van der Waals surface area (Å²) in [6, 6.07) is 17.6. The van der Waals surface area contributed by atoms with Gasteiger partial charge in [-0.2, -0.15) is 0 Å². The lowest BCUT2D eigenvalue weighted by Gasteiger charge is -2.31. The predicted molar refractivity (Wildman–Crippen MR) is 115 cm³/mol. The fourth-order valence-corrected chi connectivity index (χ4v) is 3.73. The first-order valence-electron chi connectivity index (χ1n) is 10.6. The predicted octanol–water partition coefficient (Wildman–Crippen LogP) is 4.16. The van der Waals surface area contributed by atoms with Crippen LogP contribution in [0.4, 0.5) is 4.79 Å². The summed E-state index contributed by atoms with van der Waals surface area (Å²) in [5, 5.41) is 3.23. The molecule has 1 fully saturated rings. The second-order valence-corrected chi connectivity index (χ2v) is 7.31. The molecule has 0 unspecified atom stereocenters. The fourth-order valence-electron chi connectivity index (χ4n) is 3.73. The van der Waals surface area contributed by atoms with E-state index in [1.165, 1.54) is 0 Å². The average Bonchev–Trinajstić information content (AvgIpc) is 2.79. The Labute approximate surface area is 178 Å². The molecule has 160 valence electrons. The maximum absolute atomic E-state index is 13.1. The first-order chi connectivity index (χ1) is 14.6. The Morgan fingerprint density at radius 1 is 0.967 bits per heavy atom. The molecule has 0 aliphatic carbocycles. The summed E-state index contributed by atoms with van der Waals surface area (Å²) < 4.78 is 10.6. The first-order valence-corrected chi connectivity index (χ1v) is 10.6. The van der Waals surface area contributed by atoms with E-state index in [9.17, 15) is 9.59 Å². The van der Waals surface area contributed by atoms with Crippen molar-refractivity contribution in [1.29, 1.82) is 0 Å². The second-order valence-electron chi connectivity index (χ2n) is 7.31. The zero-order valence-corrected chi connectivity index (χ0v) is 17.7. The molecule has 2 amide bonds. The van der Waals surface area contributed by atoms with E-state index in [2.05, 4.69) is 5.32 Å². The Hall–Kier alpha value is -3.02. The Bertz CT molecular complexity index is 815. The number of likely N-dealkylation sites (tertiary alicyclic amines) is 1.